The van der Waals surface area contributed by atoms with E-state index in [1.54, 1.807) is 11.8 Å². The second kappa shape index (κ2) is 5.97. The van der Waals surface area contributed by atoms with Crippen LogP contribution in [-0.2, 0) is 12.8 Å². The maximum absolute atomic E-state index is 12.9. The smallest absolute Gasteiger partial charge is 0.192 e. The van der Waals surface area contributed by atoms with Crippen LogP contribution >= 0.6 is 11.8 Å². The normalized spacial score (nSPS) is 20.5. The van der Waals surface area contributed by atoms with Gasteiger partial charge in [-0.1, -0.05) is 23.9 Å². The summed E-state index contributed by atoms with van der Waals surface area (Å²) in [7, 11) is 0. The zero-order chi connectivity index (χ0) is 17.0. The maximum Gasteiger partial charge on any atom is 0.192 e. The Balaban J connectivity index is 1.36. The molecule has 0 spiro atoms. The lowest BCUT2D eigenvalue weighted by Gasteiger charge is -2.13. The number of hydrogen-bond acceptors (Lipinski definition) is 4. The number of hydrogen-bond donors (Lipinski definition) is 0. The number of carbonyl (C=O) groups is 1. The third-order valence-corrected chi connectivity index (χ3v) is 6.64. The van der Waals surface area contributed by atoms with E-state index in [0.29, 0.717) is 12.0 Å². The Morgan fingerprint density at radius 2 is 1.96 bits per heavy atom. The van der Waals surface area contributed by atoms with Crippen LogP contribution in [0.3, 0.4) is 0 Å². The van der Waals surface area contributed by atoms with Crippen LogP contribution in [0.1, 0.15) is 78.3 Å². The number of carbonyl (C=O) groups excluding carboxylic acids is 1. The number of benzene rings is 1. The summed E-state index contributed by atoms with van der Waals surface area (Å²) < 4.78 is 2.33. The first-order valence-corrected chi connectivity index (χ1v) is 10.4. The Morgan fingerprint density at radius 1 is 1.16 bits per heavy atom. The topological polar surface area (TPSA) is 47.8 Å². The van der Waals surface area contributed by atoms with Gasteiger partial charge in [0.2, 0.25) is 0 Å². The first-order valence-electron chi connectivity index (χ1n) is 9.48. The van der Waals surface area contributed by atoms with Gasteiger partial charge in [-0.3, -0.25) is 4.79 Å². The number of Topliss-reactive ketones (excluding diaryl/α,β-unsaturated/α-hetero) is 1. The molecule has 5 heteroatoms. The van der Waals surface area contributed by atoms with E-state index in [1.807, 2.05) is 13.0 Å². The molecule has 1 heterocycles. The van der Waals surface area contributed by atoms with Crippen LogP contribution in [-0.4, -0.2) is 25.8 Å². The first kappa shape index (κ1) is 15.6. The van der Waals surface area contributed by atoms with E-state index in [4.69, 9.17) is 0 Å². The van der Waals surface area contributed by atoms with Gasteiger partial charge in [0.25, 0.3) is 0 Å². The van der Waals surface area contributed by atoms with Gasteiger partial charge >= 0.3 is 0 Å². The van der Waals surface area contributed by atoms with Crippen molar-refractivity contribution >= 4 is 17.5 Å². The van der Waals surface area contributed by atoms with Crippen molar-refractivity contribution in [2.45, 2.75) is 74.2 Å². The lowest BCUT2D eigenvalue weighted by molar-refractivity contribution is 0.0993. The molecule has 2 fully saturated rings. The lowest BCUT2D eigenvalue weighted by Crippen LogP contribution is -2.15. The molecule has 0 saturated heterocycles. The summed E-state index contributed by atoms with van der Waals surface area (Å²) in [5.41, 5.74) is 3.63. The highest BCUT2D eigenvalue weighted by Gasteiger charge is 2.37. The number of aromatic nitrogens is 3. The molecule has 130 valence electrons. The van der Waals surface area contributed by atoms with Gasteiger partial charge in [0, 0.05) is 17.5 Å². The molecule has 1 aromatic heterocycles. The molecule has 1 atom stereocenters. The summed E-state index contributed by atoms with van der Waals surface area (Å²) in [6, 6.07) is 6.83. The molecule has 1 unspecified atom stereocenters. The third-order valence-electron chi connectivity index (χ3n) is 5.58. The van der Waals surface area contributed by atoms with Crippen molar-refractivity contribution in [1.82, 2.24) is 14.8 Å². The van der Waals surface area contributed by atoms with E-state index in [1.165, 1.54) is 43.2 Å². The van der Waals surface area contributed by atoms with Crippen molar-refractivity contribution in [3.8, 4) is 0 Å². The fraction of sp³-hybridized carbons (Fsp3) is 0.550. The summed E-state index contributed by atoms with van der Waals surface area (Å²) in [5, 5.41) is 9.69. The fourth-order valence-electron chi connectivity index (χ4n) is 3.84. The number of ketones is 1. The highest BCUT2D eigenvalue weighted by Crippen LogP contribution is 2.46. The van der Waals surface area contributed by atoms with Gasteiger partial charge in [-0.05, 0) is 69.1 Å². The predicted octanol–water partition coefficient (Wildman–Crippen LogP) is 4.34. The molecule has 3 aliphatic rings. The highest BCUT2D eigenvalue weighted by atomic mass is 32.2. The number of rotatable bonds is 6. The molecule has 3 aliphatic carbocycles. The molecule has 4 nitrogen and oxygen atoms in total. The summed E-state index contributed by atoms with van der Waals surface area (Å²) in [4.78, 5) is 12.9. The Labute approximate surface area is 152 Å². The zero-order valence-corrected chi connectivity index (χ0v) is 15.4. The molecule has 0 bridgehead atoms. The molecule has 2 saturated carbocycles. The van der Waals surface area contributed by atoms with Gasteiger partial charge in [-0.15, -0.1) is 10.2 Å². The van der Waals surface area contributed by atoms with Crippen molar-refractivity contribution in [2.75, 3.05) is 0 Å². The van der Waals surface area contributed by atoms with E-state index in [0.717, 1.165) is 29.4 Å². The van der Waals surface area contributed by atoms with Crippen molar-refractivity contribution in [3.05, 3.63) is 40.7 Å². The minimum atomic E-state index is -0.131. The molecule has 5 rings (SSSR count). The van der Waals surface area contributed by atoms with Crippen molar-refractivity contribution in [3.63, 3.8) is 0 Å². The van der Waals surface area contributed by atoms with E-state index in [-0.39, 0.29) is 11.0 Å². The molecule has 0 radical (unpaired) electrons. The predicted molar refractivity (Wildman–Crippen MR) is 98.4 cm³/mol. The second-order valence-corrected chi connectivity index (χ2v) is 8.99. The summed E-state index contributed by atoms with van der Waals surface area (Å²) >= 11 is 1.58. The quantitative estimate of drug-likeness (QED) is 0.572. The van der Waals surface area contributed by atoms with Crippen molar-refractivity contribution in [1.29, 1.82) is 0 Å². The summed E-state index contributed by atoms with van der Waals surface area (Å²) in [5.74, 6) is 1.96. The van der Waals surface area contributed by atoms with Crippen LogP contribution in [0.15, 0.2) is 23.4 Å². The molecular formula is C20H23N3OS. The second-order valence-electron chi connectivity index (χ2n) is 7.68. The monoisotopic (exact) mass is 353 g/mol. The molecule has 25 heavy (non-hydrogen) atoms. The van der Waals surface area contributed by atoms with Crippen LogP contribution in [0.5, 0.6) is 0 Å². The Hall–Kier alpha value is -1.62. The molecular weight excluding hydrogens is 330 g/mol. The Bertz CT molecular complexity index is 835. The van der Waals surface area contributed by atoms with Gasteiger partial charge in [0.05, 0.1) is 5.25 Å². The minimum absolute atomic E-state index is 0.131. The highest BCUT2D eigenvalue weighted by molar-refractivity contribution is 8.00. The van der Waals surface area contributed by atoms with Crippen molar-refractivity contribution in [2.24, 2.45) is 0 Å². The Kier molecular flexibility index (Phi) is 3.73. The molecule has 0 N–H and O–H groups in total. The molecule has 0 amide bonds. The van der Waals surface area contributed by atoms with Crippen LogP contribution in [0, 0.1) is 0 Å². The van der Waals surface area contributed by atoms with Crippen LogP contribution < -0.4 is 0 Å². The average molecular weight is 353 g/mol. The van der Waals surface area contributed by atoms with Gasteiger partial charge in [-0.2, -0.15) is 0 Å². The lowest BCUT2D eigenvalue weighted by atomic mass is 10.0. The fourth-order valence-corrected chi connectivity index (χ4v) is 4.84. The SMILES string of the molecule is CC(Sc1nnc(C2CC2)n1C1CC1)C(=O)c1ccc2c(c1)CCC2. The molecule has 0 aliphatic heterocycles. The summed E-state index contributed by atoms with van der Waals surface area (Å²) in [6.07, 6.45) is 8.39. The minimum Gasteiger partial charge on any atom is -0.303 e. The number of thioether (sulfide) groups is 1. The van der Waals surface area contributed by atoms with Gasteiger partial charge in [-0.25, -0.2) is 0 Å². The maximum atomic E-state index is 12.9. The van der Waals surface area contributed by atoms with Crippen LogP contribution in [0.25, 0.3) is 0 Å². The molecule has 1 aromatic carbocycles. The zero-order valence-electron chi connectivity index (χ0n) is 14.6. The Morgan fingerprint density at radius 3 is 2.72 bits per heavy atom. The summed E-state index contributed by atoms with van der Waals surface area (Å²) in [6.45, 7) is 2.00. The standard InChI is InChI=1S/C20H23N3OS/c1-12(18(24)16-8-5-13-3-2-4-15(13)11-16)25-20-22-21-19(14-6-7-14)23(20)17-9-10-17/h5,8,11-12,14,17H,2-4,6-7,9-10H2,1H3. The number of nitrogens with zero attached hydrogens (tertiary/aromatic N) is 3. The van der Waals surface area contributed by atoms with E-state index >= 15 is 0 Å². The van der Waals surface area contributed by atoms with Gasteiger partial charge in [0.15, 0.2) is 10.9 Å². The van der Waals surface area contributed by atoms with E-state index in [2.05, 4.69) is 26.9 Å². The van der Waals surface area contributed by atoms with E-state index in [9.17, 15) is 4.79 Å². The van der Waals surface area contributed by atoms with Crippen LogP contribution in [0.4, 0.5) is 0 Å². The van der Waals surface area contributed by atoms with E-state index < -0.39 is 0 Å². The van der Waals surface area contributed by atoms with Gasteiger partial charge < -0.3 is 4.57 Å². The number of fused-ring (bicyclic) bond motifs is 1. The third kappa shape index (κ3) is 2.92. The number of aryl methyl sites for hydroxylation is 2. The van der Waals surface area contributed by atoms with Crippen molar-refractivity contribution < 1.29 is 4.79 Å². The average Bonchev–Trinajstić information content (AvgIpc) is 3.55. The van der Waals surface area contributed by atoms with Crippen LogP contribution in [0.2, 0.25) is 0 Å². The first-order chi connectivity index (χ1) is 12.2. The van der Waals surface area contributed by atoms with Gasteiger partial charge in [0.1, 0.15) is 5.82 Å². The largest absolute Gasteiger partial charge is 0.303 e. The molecule has 2 aromatic rings.